The molecule has 104 valence electrons. The van der Waals surface area contributed by atoms with Crippen LogP contribution >= 0.6 is 0 Å². The van der Waals surface area contributed by atoms with E-state index in [1.165, 1.54) is 0 Å². The molecule has 1 saturated heterocycles. The minimum Gasteiger partial charge on any atom is -0.493 e. The number of piperidine rings is 1. The number of nitrogen functional groups attached to an aromatic ring is 1. The molecule has 0 spiro atoms. The van der Waals surface area contributed by atoms with Crippen LogP contribution in [0.3, 0.4) is 0 Å². The maximum Gasteiger partial charge on any atom is 0.154 e. The van der Waals surface area contributed by atoms with Gasteiger partial charge in [0, 0.05) is 11.6 Å². The molecule has 0 radical (unpaired) electrons. The maximum absolute atomic E-state index is 5.89. The van der Waals surface area contributed by atoms with E-state index in [0.717, 1.165) is 49.2 Å². The number of aromatic amines is 1. The normalized spacial score (nSPS) is 16.1. The molecule has 1 aromatic heterocycles. The van der Waals surface area contributed by atoms with Crippen LogP contribution in [-0.4, -0.2) is 29.9 Å². The van der Waals surface area contributed by atoms with E-state index in [4.69, 9.17) is 16.9 Å². The van der Waals surface area contributed by atoms with Crippen molar-refractivity contribution in [2.45, 2.75) is 12.8 Å². The summed E-state index contributed by atoms with van der Waals surface area (Å²) in [6, 6.07) is 3.76. The number of rotatable bonds is 3. The molecule has 3 rings (SSSR count). The van der Waals surface area contributed by atoms with E-state index < -0.39 is 0 Å². The van der Waals surface area contributed by atoms with Gasteiger partial charge in [-0.25, -0.2) is 0 Å². The summed E-state index contributed by atoms with van der Waals surface area (Å²) in [5, 5.41) is 11.0. The Kier molecular flexibility index (Phi) is 3.48. The molecule has 4 N–H and O–H groups in total. The molecule has 0 aliphatic carbocycles. The third kappa shape index (κ3) is 2.43. The second-order valence-electron chi connectivity index (χ2n) is 5.15. The number of hydrogen-bond donors (Lipinski definition) is 3. The van der Waals surface area contributed by atoms with Gasteiger partial charge in [0.2, 0.25) is 0 Å². The number of aromatic nitrogens is 2. The van der Waals surface area contributed by atoms with Crippen molar-refractivity contribution in [3.05, 3.63) is 17.7 Å². The molecule has 0 amide bonds. The topological polar surface area (TPSA) is 76.0 Å². The predicted molar refractivity (Wildman–Crippen MR) is 79.5 cm³/mol. The Morgan fingerprint density at radius 2 is 2.20 bits per heavy atom. The molecule has 1 aliphatic heterocycles. The van der Waals surface area contributed by atoms with E-state index in [0.29, 0.717) is 17.3 Å². The lowest BCUT2D eigenvalue weighted by Gasteiger charge is -2.22. The summed E-state index contributed by atoms with van der Waals surface area (Å²) < 4.78 is 5.89. The van der Waals surface area contributed by atoms with Crippen LogP contribution in [0.4, 0.5) is 5.82 Å². The van der Waals surface area contributed by atoms with Gasteiger partial charge in [-0.15, -0.1) is 6.42 Å². The average Bonchev–Trinajstić information content (AvgIpc) is 2.87. The van der Waals surface area contributed by atoms with Crippen molar-refractivity contribution in [2.24, 2.45) is 5.92 Å². The molecule has 1 aliphatic rings. The van der Waals surface area contributed by atoms with Crippen molar-refractivity contribution in [3.8, 4) is 18.1 Å². The third-order valence-corrected chi connectivity index (χ3v) is 3.76. The molecular weight excluding hydrogens is 252 g/mol. The molecule has 20 heavy (non-hydrogen) atoms. The highest BCUT2D eigenvalue weighted by molar-refractivity contribution is 5.94. The van der Waals surface area contributed by atoms with E-state index in [1.54, 1.807) is 0 Å². The highest BCUT2D eigenvalue weighted by Crippen LogP contribution is 2.28. The standard InChI is InChI=1S/C15H18N4O/c1-2-11-7-12(8-13-14(11)15(16)19-18-13)20-9-10-3-5-17-6-4-10/h1,7-8,10,17H,3-6,9H2,(H3,16,18,19). The quantitative estimate of drug-likeness (QED) is 0.739. The first-order chi connectivity index (χ1) is 9.78. The molecule has 2 aromatic rings. The van der Waals surface area contributed by atoms with Crippen molar-refractivity contribution in [3.63, 3.8) is 0 Å². The van der Waals surface area contributed by atoms with Crippen LogP contribution in [-0.2, 0) is 0 Å². The zero-order chi connectivity index (χ0) is 13.9. The summed E-state index contributed by atoms with van der Waals surface area (Å²) in [5.41, 5.74) is 7.34. The molecule has 0 saturated carbocycles. The van der Waals surface area contributed by atoms with Gasteiger partial charge in [0.05, 0.1) is 17.5 Å². The average molecular weight is 270 g/mol. The summed E-state index contributed by atoms with van der Waals surface area (Å²) in [7, 11) is 0. The number of benzene rings is 1. The van der Waals surface area contributed by atoms with Gasteiger partial charge in [-0.05, 0) is 37.9 Å². The van der Waals surface area contributed by atoms with Crippen LogP contribution in [0.25, 0.3) is 10.9 Å². The van der Waals surface area contributed by atoms with Crippen molar-refractivity contribution in [1.29, 1.82) is 0 Å². The Morgan fingerprint density at radius 3 is 2.95 bits per heavy atom. The minimum absolute atomic E-state index is 0.429. The Hall–Kier alpha value is -2.19. The summed E-state index contributed by atoms with van der Waals surface area (Å²) in [6.45, 7) is 2.86. The summed E-state index contributed by atoms with van der Waals surface area (Å²) in [6.07, 6.45) is 7.85. The SMILES string of the molecule is C#Cc1cc(OCC2CCNCC2)cc2[nH]nc(N)c12. The summed E-state index contributed by atoms with van der Waals surface area (Å²) in [4.78, 5) is 0. The third-order valence-electron chi connectivity index (χ3n) is 3.76. The fourth-order valence-electron chi connectivity index (χ4n) is 2.62. The van der Waals surface area contributed by atoms with E-state index in [-0.39, 0.29) is 0 Å². The molecule has 1 aromatic carbocycles. The molecule has 0 atom stereocenters. The second-order valence-corrected chi connectivity index (χ2v) is 5.15. The van der Waals surface area contributed by atoms with Gasteiger partial charge in [0.25, 0.3) is 0 Å². The number of anilines is 1. The van der Waals surface area contributed by atoms with E-state index in [2.05, 4.69) is 21.4 Å². The van der Waals surface area contributed by atoms with Gasteiger partial charge in [-0.3, -0.25) is 5.10 Å². The Balaban J connectivity index is 1.79. The Morgan fingerprint density at radius 1 is 1.40 bits per heavy atom. The number of terminal acetylenes is 1. The monoisotopic (exact) mass is 270 g/mol. The van der Waals surface area contributed by atoms with Crippen LogP contribution in [0.2, 0.25) is 0 Å². The van der Waals surface area contributed by atoms with Crippen molar-refractivity contribution >= 4 is 16.7 Å². The number of nitrogens with one attached hydrogen (secondary N) is 2. The predicted octanol–water partition coefficient (Wildman–Crippen LogP) is 1.50. The Labute approximate surface area is 117 Å². The molecular formula is C15H18N4O. The first kappa shape index (κ1) is 12.8. The van der Waals surface area contributed by atoms with Gasteiger partial charge in [0.15, 0.2) is 5.82 Å². The first-order valence-corrected chi connectivity index (χ1v) is 6.85. The second kappa shape index (κ2) is 5.43. The van der Waals surface area contributed by atoms with E-state index in [1.807, 2.05) is 12.1 Å². The first-order valence-electron chi connectivity index (χ1n) is 6.85. The highest BCUT2D eigenvalue weighted by Gasteiger charge is 2.15. The van der Waals surface area contributed by atoms with E-state index >= 15 is 0 Å². The number of hydrogen-bond acceptors (Lipinski definition) is 4. The van der Waals surface area contributed by atoms with Crippen molar-refractivity contribution in [2.75, 3.05) is 25.4 Å². The van der Waals surface area contributed by atoms with Crippen LogP contribution < -0.4 is 15.8 Å². The van der Waals surface area contributed by atoms with Gasteiger partial charge < -0.3 is 15.8 Å². The Bertz CT molecular complexity index is 650. The van der Waals surface area contributed by atoms with E-state index in [9.17, 15) is 0 Å². The minimum atomic E-state index is 0.429. The zero-order valence-corrected chi connectivity index (χ0v) is 11.3. The maximum atomic E-state index is 5.89. The fourth-order valence-corrected chi connectivity index (χ4v) is 2.62. The highest BCUT2D eigenvalue weighted by atomic mass is 16.5. The van der Waals surface area contributed by atoms with Gasteiger partial charge >= 0.3 is 0 Å². The van der Waals surface area contributed by atoms with Gasteiger partial charge in [0.1, 0.15) is 5.75 Å². The lowest BCUT2D eigenvalue weighted by Crippen LogP contribution is -2.30. The number of nitrogens with two attached hydrogens (primary N) is 1. The molecule has 1 fully saturated rings. The molecule has 0 bridgehead atoms. The lowest BCUT2D eigenvalue weighted by atomic mass is 9.99. The number of ether oxygens (including phenoxy) is 1. The lowest BCUT2D eigenvalue weighted by molar-refractivity contribution is 0.215. The number of H-pyrrole nitrogens is 1. The largest absolute Gasteiger partial charge is 0.493 e. The summed E-state index contributed by atoms with van der Waals surface area (Å²) >= 11 is 0. The molecule has 2 heterocycles. The van der Waals surface area contributed by atoms with Crippen LogP contribution in [0.15, 0.2) is 12.1 Å². The van der Waals surface area contributed by atoms with Crippen molar-refractivity contribution < 1.29 is 4.74 Å². The number of fused-ring (bicyclic) bond motifs is 1. The molecule has 5 heteroatoms. The fraction of sp³-hybridized carbons (Fsp3) is 0.400. The molecule has 0 unspecified atom stereocenters. The summed E-state index contributed by atoms with van der Waals surface area (Å²) in [5.74, 6) is 4.45. The van der Waals surface area contributed by atoms with Crippen LogP contribution in [0.5, 0.6) is 5.75 Å². The van der Waals surface area contributed by atoms with Gasteiger partial charge in [-0.1, -0.05) is 5.92 Å². The van der Waals surface area contributed by atoms with Gasteiger partial charge in [-0.2, -0.15) is 5.10 Å². The van der Waals surface area contributed by atoms with Crippen molar-refractivity contribution in [1.82, 2.24) is 15.5 Å². The zero-order valence-electron chi connectivity index (χ0n) is 11.3. The molecule has 5 nitrogen and oxygen atoms in total. The van der Waals surface area contributed by atoms with Crippen LogP contribution in [0.1, 0.15) is 18.4 Å². The number of nitrogens with zero attached hydrogens (tertiary/aromatic N) is 1. The van der Waals surface area contributed by atoms with Crippen LogP contribution in [0, 0.1) is 18.3 Å². The smallest absolute Gasteiger partial charge is 0.154 e.